The van der Waals surface area contributed by atoms with E-state index in [0.717, 1.165) is 17.7 Å². The van der Waals surface area contributed by atoms with Crippen molar-refractivity contribution in [3.8, 4) is 0 Å². The Hall–Kier alpha value is -1.09. The minimum Gasteiger partial charge on any atom is -0.330 e. The third-order valence-electron chi connectivity index (χ3n) is 1.50. The quantitative estimate of drug-likeness (QED) is 0.679. The summed E-state index contributed by atoms with van der Waals surface area (Å²) in [4.78, 5) is 0. The van der Waals surface area contributed by atoms with E-state index in [1.54, 1.807) is 0 Å². The fourth-order valence-electron chi connectivity index (χ4n) is 0.835. The van der Waals surface area contributed by atoms with E-state index >= 15 is 0 Å². The van der Waals surface area contributed by atoms with Gasteiger partial charge in [0.1, 0.15) is 0 Å². The molecule has 0 saturated heterocycles. The molecule has 0 aromatic carbocycles. The van der Waals surface area contributed by atoms with E-state index in [-0.39, 0.29) is 0 Å². The molecular weight excluding hydrogens is 138 g/mol. The number of H-pyrrole nitrogens is 1. The number of nitrogens with zero attached hydrogens (tertiary/aromatic N) is 1. The van der Waals surface area contributed by atoms with E-state index < -0.39 is 0 Å². The van der Waals surface area contributed by atoms with Gasteiger partial charge in [0.15, 0.2) is 0 Å². The van der Waals surface area contributed by atoms with Crippen LogP contribution in [0.4, 0.5) is 0 Å². The smallest absolute Gasteiger partial charge is 0.0562 e. The van der Waals surface area contributed by atoms with Gasteiger partial charge in [-0.25, -0.2) is 0 Å². The highest BCUT2D eigenvalue weighted by Gasteiger charge is 1.92. The Morgan fingerprint density at radius 1 is 1.73 bits per heavy atom. The summed E-state index contributed by atoms with van der Waals surface area (Å²) in [6, 6.07) is 0. The highest BCUT2D eigenvalue weighted by atomic mass is 15.1. The van der Waals surface area contributed by atoms with Crippen LogP contribution in [0, 0.1) is 6.92 Å². The lowest BCUT2D eigenvalue weighted by Crippen LogP contribution is -1.94. The van der Waals surface area contributed by atoms with Crippen LogP contribution in [0.2, 0.25) is 0 Å². The summed E-state index contributed by atoms with van der Waals surface area (Å²) >= 11 is 0. The standard InChI is InChI=1S/C8H13N3/c1-7-8(6-10-11-7)4-2-3-5-9/h2,4,6H,3,5,9H2,1H3,(H,10,11). The molecule has 0 aliphatic rings. The number of aromatic nitrogens is 2. The molecule has 0 saturated carbocycles. The van der Waals surface area contributed by atoms with Crippen LogP contribution in [0.15, 0.2) is 12.3 Å². The molecule has 3 N–H and O–H groups in total. The van der Waals surface area contributed by atoms with Crippen molar-refractivity contribution in [2.45, 2.75) is 13.3 Å². The monoisotopic (exact) mass is 151 g/mol. The summed E-state index contributed by atoms with van der Waals surface area (Å²) in [5.74, 6) is 0. The van der Waals surface area contributed by atoms with Gasteiger partial charge in [0, 0.05) is 11.3 Å². The lowest BCUT2D eigenvalue weighted by atomic mass is 10.2. The van der Waals surface area contributed by atoms with Gasteiger partial charge in [-0.05, 0) is 19.9 Å². The number of nitrogens with one attached hydrogen (secondary N) is 1. The van der Waals surface area contributed by atoms with Gasteiger partial charge in [0.05, 0.1) is 6.20 Å². The first kappa shape index (κ1) is 8.01. The van der Waals surface area contributed by atoms with Crippen LogP contribution < -0.4 is 5.73 Å². The Bertz CT molecular complexity index is 237. The molecular formula is C8H13N3. The summed E-state index contributed by atoms with van der Waals surface area (Å²) in [5.41, 5.74) is 7.56. The van der Waals surface area contributed by atoms with Gasteiger partial charge < -0.3 is 5.73 Å². The predicted molar refractivity (Wildman–Crippen MR) is 46.0 cm³/mol. The average molecular weight is 151 g/mol. The third kappa shape index (κ3) is 2.20. The van der Waals surface area contributed by atoms with Crippen LogP contribution in [0.25, 0.3) is 6.08 Å². The Labute approximate surface area is 66.3 Å². The molecule has 1 heterocycles. The number of nitrogens with two attached hydrogens (primary N) is 1. The molecule has 0 amide bonds. The number of hydrogen-bond acceptors (Lipinski definition) is 2. The second kappa shape index (κ2) is 3.93. The zero-order chi connectivity index (χ0) is 8.10. The predicted octanol–water partition coefficient (Wildman–Crippen LogP) is 1.08. The minimum atomic E-state index is 0.702. The molecule has 3 nitrogen and oxygen atoms in total. The summed E-state index contributed by atoms with van der Waals surface area (Å²) in [5, 5.41) is 6.76. The first-order valence-corrected chi connectivity index (χ1v) is 3.71. The number of aryl methyl sites for hydroxylation is 1. The highest BCUT2D eigenvalue weighted by molar-refractivity contribution is 5.50. The van der Waals surface area contributed by atoms with Crippen LogP contribution in [-0.2, 0) is 0 Å². The van der Waals surface area contributed by atoms with Gasteiger partial charge >= 0.3 is 0 Å². The van der Waals surface area contributed by atoms with Gasteiger partial charge in [-0.15, -0.1) is 0 Å². The number of aromatic amines is 1. The molecule has 0 bridgehead atoms. The van der Waals surface area contributed by atoms with Crippen LogP contribution in [-0.4, -0.2) is 16.7 Å². The summed E-state index contributed by atoms with van der Waals surface area (Å²) in [6.45, 7) is 2.70. The van der Waals surface area contributed by atoms with E-state index in [9.17, 15) is 0 Å². The molecule has 1 aromatic rings. The molecule has 0 atom stereocenters. The Morgan fingerprint density at radius 3 is 3.09 bits per heavy atom. The Balaban J connectivity index is 2.56. The molecule has 11 heavy (non-hydrogen) atoms. The Kier molecular flexibility index (Phi) is 2.86. The van der Waals surface area contributed by atoms with Crippen molar-refractivity contribution in [1.82, 2.24) is 10.2 Å². The second-order valence-electron chi connectivity index (χ2n) is 2.43. The van der Waals surface area contributed by atoms with Crippen LogP contribution in [0.5, 0.6) is 0 Å². The van der Waals surface area contributed by atoms with E-state index in [1.807, 2.05) is 19.2 Å². The van der Waals surface area contributed by atoms with Crippen molar-refractivity contribution in [2.75, 3.05) is 6.54 Å². The van der Waals surface area contributed by atoms with Gasteiger partial charge in [-0.3, -0.25) is 5.10 Å². The molecule has 3 heteroatoms. The van der Waals surface area contributed by atoms with Crippen molar-refractivity contribution in [1.29, 1.82) is 0 Å². The summed E-state index contributed by atoms with van der Waals surface area (Å²) in [7, 11) is 0. The van der Waals surface area contributed by atoms with Crippen molar-refractivity contribution >= 4 is 6.08 Å². The fourth-order valence-corrected chi connectivity index (χ4v) is 0.835. The van der Waals surface area contributed by atoms with Crippen LogP contribution >= 0.6 is 0 Å². The van der Waals surface area contributed by atoms with Crippen LogP contribution in [0.1, 0.15) is 17.7 Å². The van der Waals surface area contributed by atoms with Gasteiger partial charge in [0.2, 0.25) is 0 Å². The number of rotatable bonds is 3. The summed E-state index contributed by atoms with van der Waals surface area (Å²) < 4.78 is 0. The fraction of sp³-hybridized carbons (Fsp3) is 0.375. The third-order valence-corrected chi connectivity index (χ3v) is 1.50. The molecule has 0 aliphatic carbocycles. The minimum absolute atomic E-state index is 0.702. The maximum absolute atomic E-state index is 5.33. The van der Waals surface area contributed by atoms with E-state index in [1.165, 1.54) is 0 Å². The van der Waals surface area contributed by atoms with Gasteiger partial charge in [0.25, 0.3) is 0 Å². The van der Waals surface area contributed by atoms with Crippen molar-refractivity contribution in [3.63, 3.8) is 0 Å². The van der Waals surface area contributed by atoms with Gasteiger partial charge in [-0.2, -0.15) is 5.10 Å². The maximum Gasteiger partial charge on any atom is 0.0562 e. The molecule has 1 rings (SSSR count). The molecule has 0 spiro atoms. The number of hydrogen-bond donors (Lipinski definition) is 2. The Morgan fingerprint density at radius 2 is 2.55 bits per heavy atom. The molecule has 0 radical (unpaired) electrons. The van der Waals surface area contributed by atoms with Crippen molar-refractivity contribution in [3.05, 3.63) is 23.5 Å². The SMILES string of the molecule is Cc1[nH]ncc1C=CCCN. The lowest BCUT2D eigenvalue weighted by Gasteiger charge is -1.87. The zero-order valence-electron chi connectivity index (χ0n) is 6.67. The van der Waals surface area contributed by atoms with Crippen molar-refractivity contribution < 1.29 is 0 Å². The molecule has 60 valence electrons. The highest BCUT2D eigenvalue weighted by Crippen LogP contribution is 2.04. The van der Waals surface area contributed by atoms with E-state index in [2.05, 4.69) is 16.3 Å². The van der Waals surface area contributed by atoms with Crippen LogP contribution in [0.3, 0.4) is 0 Å². The molecule has 0 fully saturated rings. The maximum atomic E-state index is 5.33. The molecule has 1 aromatic heterocycles. The first-order valence-electron chi connectivity index (χ1n) is 3.71. The first-order chi connectivity index (χ1) is 5.34. The average Bonchev–Trinajstić information content (AvgIpc) is 2.37. The second-order valence-corrected chi connectivity index (χ2v) is 2.43. The summed E-state index contributed by atoms with van der Waals surface area (Å²) in [6.07, 6.45) is 6.82. The topological polar surface area (TPSA) is 54.7 Å². The molecule has 0 aliphatic heterocycles. The van der Waals surface area contributed by atoms with E-state index in [0.29, 0.717) is 6.54 Å². The molecule has 0 unspecified atom stereocenters. The zero-order valence-corrected chi connectivity index (χ0v) is 6.67. The van der Waals surface area contributed by atoms with Gasteiger partial charge in [-0.1, -0.05) is 12.2 Å². The largest absolute Gasteiger partial charge is 0.330 e. The van der Waals surface area contributed by atoms with Crippen molar-refractivity contribution in [2.24, 2.45) is 5.73 Å². The normalized spacial score (nSPS) is 11.1. The lowest BCUT2D eigenvalue weighted by molar-refractivity contribution is 1.01. The van der Waals surface area contributed by atoms with E-state index in [4.69, 9.17) is 5.73 Å².